The smallest absolute Gasteiger partial charge is 0.338 e. The topological polar surface area (TPSA) is 116 Å². The summed E-state index contributed by atoms with van der Waals surface area (Å²) in [6, 6.07) is 13.0. The average Bonchev–Trinajstić information content (AvgIpc) is 2.80. The van der Waals surface area contributed by atoms with Gasteiger partial charge in [-0.1, -0.05) is 24.3 Å². The second-order valence-electron chi connectivity index (χ2n) is 6.83. The predicted octanol–water partition coefficient (Wildman–Crippen LogP) is 3.04. The number of sulfonamides is 1. The van der Waals surface area contributed by atoms with E-state index in [9.17, 15) is 31.2 Å². The van der Waals surface area contributed by atoms with E-state index in [0.29, 0.717) is 28.8 Å². The van der Waals surface area contributed by atoms with Crippen molar-refractivity contribution in [1.29, 1.82) is 0 Å². The van der Waals surface area contributed by atoms with Gasteiger partial charge in [0, 0.05) is 12.1 Å². The van der Waals surface area contributed by atoms with Crippen LogP contribution in [-0.2, 0) is 27.9 Å². The van der Waals surface area contributed by atoms with Crippen molar-refractivity contribution >= 4 is 21.9 Å². The molecule has 0 unspecified atom stereocenters. The monoisotopic (exact) mass is 478 g/mol. The summed E-state index contributed by atoms with van der Waals surface area (Å²) in [6.45, 7) is -0.332. The van der Waals surface area contributed by atoms with E-state index in [2.05, 4.69) is 4.72 Å². The van der Waals surface area contributed by atoms with Crippen molar-refractivity contribution in [2.75, 3.05) is 0 Å². The maximum Gasteiger partial charge on any atom is 0.338 e. The maximum atomic E-state index is 13.8. The Labute approximate surface area is 187 Å². The van der Waals surface area contributed by atoms with Crippen molar-refractivity contribution in [1.82, 2.24) is 4.72 Å². The molecule has 1 amide bonds. The molecule has 0 aliphatic rings. The largest absolute Gasteiger partial charge is 0.457 e. The van der Waals surface area contributed by atoms with Crippen LogP contribution in [0, 0.1) is 17.5 Å². The van der Waals surface area contributed by atoms with E-state index in [-0.39, 0.29) is 18.7 Å². The molecule has 0 saturated heterocycles. The highest BCUT2D eigenvalue weighted by Gasteiger charge is 2.23. The lowest BCUT2D eigenvalue weighted by Crippen LogP contribution is -2.24. The summed E-state index contributed by atoms with van der Waals surface area (Å²) in [6.07, 6.45) is 0. The zero-order chi connectivity index (χ0) is 24.2. The normalized spacial score (nSPS) is 11.2. The third kappa shape index (κ3) is 5.76. The molecule has 3 rings (SSSR count). The molecule has 11 heteroatoms. The molecule has 0 spiro atoms. The van der Waals surface area contributed by atoms with Crippen LogP contribution in [0.1, 0.15) is 31.8 Å². The molecule has 0 radical (unpaired) electrons. The van der Waals surface area contributed by atoms with E-state index < -0.39 is 44.2 Å². The van der Waals surface area contributed by atoms with Crippen molar-refractivity contribution in [3.05, 3.63) is 100 Å². The van der Waals surface area contributed by atoms with E-state index in [1.54, 1.807) is 12.1 Å². The first-order valence-corrected chi connectivity index (χ1v) is 10.8. The molecule has 0 aliphatic heterocycles. The Morgan fingerprint density at radius 3 is 2.00 bits per heavy atom. The van der Waals surface area contributed by atoms with Crippen molar-refractivity contribution in [2.24, 2.45) is 5.73 Å². The van der Waals surface area contributed by atoms with Gasteiger partial charge >= 0.3 is 5.97 Å². The average molecular weight is 478 g/mol. The highest BCUT2D eigenvalue weighted by Crippen LogP contribution is 2.20. The number of nitrogens with two attached hydrogens (primary N) is 1. The number of rotatable bonds is 8. The summed E-state index contributed by atoms with van der Waals surface area (Å²) >= 11 is 0. The first-order valence-electron chi connectivity index (χ1n) is 9.36. The molecule has 172 valence electrons. The molecule has 0 saturated carbocycles. The molecule has 3 N–H and O–H groups in total. The Kier molecular flexibility index (Phi) is 7.14. The van der Waals surface area contributed by atoms with Gasteiger partial charge in [0.2, 0.25) is 15.9 Å². The van der Waals surface area contributed by atoms with Crippen molar-refractivity contribution in [3.63, 3.8) is 0 Å². The van der Waals surface area contributed by atoms with Gasteiger partial charge < -0.3 is 10.5 Å². The molecular formula is C22H17F3N2O5S. The van der Waals surface area contributed by atoms with Gasteiger partial charge in [-0.2, -0.15) is 0 Å². The number of esters is 1. The lowest BCUT2D eigenvalue weighted by molar-refractivity contribution is 0.0472. The minimum atomic E-state index is -4.45. The molecule has 0 aliphatic carbocycles. The summed E-state index contributed by atoms with van der Waals surface area (Å²) in [7, 11) is -4.45. The Hall–Kier alpha value is -3.70. The third-order valence-electron chi connectivity index (χ3n) is 4.55. The summed E-state index contributed by atoms with van der Waals surface area (Å²) in [5.74, 6) is -6.41. The number of amides is 1. The Balaban J connectivity index is 1.59. The molecule has 0 heterocycles. The zero-order valence-electron chi connectivity index (χ0n) is 16.8. The number of ether oxygens (including phenoxy) is 1. The highest BCUT2D eigenvalue weighted by molar-refractivity contribution is 7.89. The van der Waals surface area contributed by atoms with Gasteiger partial charge in [-0.15, -0.1) is 0 Å². The second-order valence-corrected chi connectivity index (χ2v) is 8.57. The SMILES string of the molecule is NC(=O)c1ccc(COC(=O)c2ccc(CNS(=O)(=O)c3ccc(F)c(F)c3F)cc2)cc1. The van der Waals surface area contributed by atoms with Crippen LogP contribution >= 0.6 is 0 Å². The molecule has 0 fully saturated rings. The predicted molar refractivity (Wildman–Crippen MR) is 111 cm³/mol. The lowest BCUT2D eigenvalue weighted by Gasteiger charge is -2.09. The molecule has 0 bridgehead atoms. The minimum Gasteiger partial charge on any atom is -0.457 e. The molecule has 0 aromatic heterocycles. The van der Waals surface area contributed by atoms with Gasteiger partial charge in [0.1, 0.15) is 11.5 Å². The van der Waals surface area contributed by atoms with E-state index in [4.69, 9.17) is 10.5 Å². The fourth-order valence-electron chi connectivity index (χ4n) is 2.73. The van der Waals surface area contributed by atoms with Crippen LogP contribution in [0.4, 0.5) is 13.2 Å². The fraction of sp³-hybridized carbons (Fsp3) is 0.0909. The fourth-order valence-corrected chi connectivity index (χ4v) is 3.81. The zero-order valence-corrected chi connectivity index (χ0v) is 17.7. The van der Waals surface area contributed by atoms with Crippen LogP contribution in [0.3, 0.4) is 0 Å². The molecule has 3 aromatic carbocycles. The molecular weight excluding hydrogens is 461 g/mol. The van der Waals surface area contributed by atoms with Crippen molar-refractivity contribution in [2.45, 2.75) is 18.0 Å². The highest BCUT2D eigenvalue weighted by atomic mass is 32.2. The van der Waals surface area contributed by atoms with Gasteiger partial charge in [-0.25, -0.2) is 31.1 Å². The quantitative estimate of drug-likeness (QED) is 0.382. The molecule has 33 heavy (non-hydrogen) atoms. The van der Waals surface area contributed by atoms with Crippen LogP contribution < -0.4 is 10.5 Å². The van der Waals surface area contributed by atoms with Gasteiger partial charge in [-0.3, -0.25) is 4.79 Å². The van der Waals surface area contributed by atoms with Gasteiger partial charge in [0.25, 0.3) is 0 Å². The number of hydrogen-bond donors (Lipinski definition) is 2. The minimum absolute atomic E-state index is 0.0424. The van der Waals surface area contributed by atoms with Crippen LogP contribution in [0.25, 0.3) is 0 Å². The summed E-state index contributed by atoms with van der Waals surface area (Å²) in [5.41, 5.74) is 6.74. The van der Waals surface area contributed by atoms with Crippen molar-refractivity contribution in [3.8, 4) is 0 Å². The number of halogens is 3. The summed E-state index contributed by atoms with van der Waals surface area (Å²) in [4.78, 5) is 22.2. The van der Waals surface area contributed by atoms with Crippen LogP contribution in [0.2, 0.25) is 0 Å². The Bertz CT molecular complexity index is 1290. The molecule has 7 nitrogen and oxygen atoms in total. The first kappa shape index (κ1) is 24.0. The second kappa shape index (κ2) is 9.84. The van der Waals surface area contributed by atoms with Crippen molar-refractivity contribution < 1.29 is 35.9 Å². The number of nitrogens with one attached hydrogen (secondary N) is 1. The summed E-state index contributed by atoms with van der Waals surface area (Å²) < 4.78 is 71.8. The Morgan fingerprint density at radius 1 is 0.818 bits per heavy atom. The Morgan fingerprint density at radius 2 is 1.39 bits per heavy atom. The van der Waals surface area contributed by atoms with E-state index in [1.807, 2.05) is 0 Å². The number of benzene rings is 3. The van der Waals surface area contributed by atoms with Gasteiger partial charge in [0.15, 0.2) is 17.5 Å². The molecule has 0 atom stereocenters. The maximum absolute atomic E-state index is 13.8. The van der Waals surface area contributed by atoms with Gasteiger partial charge in [-0.05, 0) is 47.5 Å². The van der Waals surface area contributed by atoms with E-state index in [0.717, 1.165) is 0 Å². The van der Waals surface area contributed by atoms with E-state index in [1.165, 1.54) is 36.4 Å². The van der Waals surface area contributed by atoms with Crippen LogP contribution in [0.5, 0.6) is 0 Å². The van der Waals surface area contributed by atoms with Gasteiger partial charge in [0.05, 0.1) is 5.56 Å². The number of primary amides is 1. The summed E-state index contributed by atoms with van der Waals surface area (Å²) in [5, 5.41) is 0. The number of hydrogen-bond acceptors (Lipinski definition) is 5. The van der Waals surface area contributed by atoms with Crippen LogP contribution in [0.15, 0.2) is 65.6 Å². The number of carbonyl (C=O) groups excluding carboxylic acids is 2. The molecule has 3 aromatic rings. The van der Waals surface area contributed by atoms with Crippen LogP contribution in [-0.4, -0.2) is 20.3 Å². The number of carbonyl (C=O) groups is 2. The first-order chi connectivity index (χ1) is 15.6. The lowest BCUT2D eigenvalue weighted by atomic mass is 10.1. The standard InChI is InChI=1S/C22H17F3N2O5S/c23-17-9-10-18(20(25)19(17)24)33(30,31)27-11-13-1-7-16(8-2-13)22(29)32-12-14-3-5-15(6-4-14)21(26)28/h1-10,27H,11-12H2,(H2,26,28). The van der Waals surface area contributed by atoms with E-state index >= 15 is 0 Å². The third-order valence-corrected chi connectivity index (χ3v) is 5.97.